The van der Waals surface area contributed by atoms with Crippen LogP contribution in [0.4, 0.5) is 32.0 Å². The lowest BCUT2D eigenvalue weighted by atomic mass is 9.90. The molecular weight excluding hydrogens is 464 g/mol. The summed E-state index contributed by atoms with van der Waals surface area (Å²) >= 11 is 7.62. The van der Waals surface area contributed by atoms with Crippen molar-refractivity contribution in [2.24, 2.45) is 0 Å². The van der Waals surface area contributed by atoms with Crippen molar-refractivity contribution >= 4 is 38.7 Å². The van der Waals surface area contributed by atoms with E-state index in [1.807, 2.05) is 29.3 Å². The van der Waals surface area contributed by atoms with Gasteiger partial charge in [0.25, 0.3) is 5.60 Å². The topological polar surface area (TPSA) is 23.5 Å². The average molecular weight is 480 g/mol. The Bertz CT molecular complexity index is 1130. The van der Waals surface area contributed by atoms with Gasteiger partial charge in [-0.2, -0.15) is 26.3 Å². The fourth-order valence-electron chi connectivity index (χ4n) is 4.01. The van der Waals surface area contributed by atoms with Crippen molar-refractivity contribution in [1.29, 1.82) is 0 Å². The van der Waals surface area contributed by atoms with Crippen LogP contribution in [0.15, 0.2) is 41.8 Å². The fraction of sp³-hybridized carbons (Fsp3) is 0.333. The van der Waals surface area contributed by atoms with Crippen LogP contribution >= 0.6 is 22.9 Å². The van der Waals surface area contributed by atoms with Crippen molar-refractivity contribution in [3.63, 3.8) is 0 Å². The van der Waals surface area contributed by atoms with Crippen LogP contribution in [0.25, 0.3) is 10.1 Å². The summed E-state index contributed by atoms with van der Waals surface area (Å²) in [5.41, 5.74) is -4.31. The zero-order valence-corrected chi connectivity index (χ0v) is 17.6. The van der Waals surface area contributed by atoms with Gasteiger partial charge in [-0.3, -0.25) is 0 Å². The molecule has 1 unspecified atom stereocenters. The van der Waals surface area contributed by atoms with Crippen LogP contribution in [-0.2, 0) is 18.6 Å². The third-order valence-corrected chi connectivity index (χ3v) is 6.88. The second-order valence-corrected chi connectivity index (χ2v) is 8.98. The lowest BCUT2D eigenvalue weighted by Crippen LogP contribution is -2.53. The van der Waals surface area contributed by atoms with E-state index in [-0.39, 0.29) is 12.5 Å². The van der Waals surface area contributed by atoms with Crippen molar-refractivity contribution < 1.29 is 31.4 Å². The highest BCUT2D eigenvalue weighted by atomic mass is 35.5. The first-order chi connectivity index (χ1) is 14.3. The number of nitrogens with zero attached hydrogens (tertiary/aromatic N) is 1. The molecule has 1 N–H and O–H groups in total. The predicted molar refractivity (Wildman–Crippen MR) is 109 cm³/mol. The first-order valence-electron chi connectivity index (χ1n) is 9.24. The maximum Gasteiger partial charge on any atom is 0.430 e. The van der Waals surface area contributed by atoms with Crippen molar-refractivity contribution in [3.8, 4) is 0 Å². The Hall–Kier alpha value is -1.97. The van der Waals surface area contributed by atoms with Crippen LogP contribution in [0.2, 0.25) is 5.02 Å². The van der Waals surface area contributed by atoms with Crippen molar-refractivity contribution in [1.82, 2.24) is 0 Å². The number of fused-ring (bicyclic) bond motifs is 2. The normalized spacial score (nSPS) is 17.5. The summed E-state index contributed by atoms with van der Waals surface area (Å²) < 4.78 is 80.4. The third-order valence-electron chi connectivity index (χ3n) is 5.63. The molecule has 10 heteroatoms. The molecule has 0 bridgehead atoms. The Labute approximate surface area is 182 Å². The molecule has 2 heterocycles. The zero-order valence-electron chi connectivity index (χ0n) is 16.0. The molecule has 1 aliphatic heterocycles. The minimum Gasteiger partial charge on any atom is -0.369 e. The summed E-state index contributed by atoms with van der Waals surface area (Å²) in [5.74, 6) is 0. The van der Waals surface area contributed by atoms with E-state index < -0.39 is 23.5 Å². The standard InChI is InChI=1S/C21H16ClF6NOS/c1-11-6-12-7-14(19(30,20(23,24)25)21(26,27)28)2-4-17(12)29(11)9-13-10-31-18-5-3-15(22)8-16(13)18/h2-5,7-8,10-11,30H,6,9H2,1H3. The number of hydrogen-bond donors (Lipinski definition) is 1. The minimum absolute atomic E-state index is 0.149. The summed E-state index contributed by atoms with van der Waals surface area (Å²) in [6, 6.07) is 8.10. The molecule has 2 aromatic carbocycles. The van der Waals surface area contributed by atoms with Crippen molar-refractivity contribution in [2.45, 2.75) is 43.9 Å². The lowest BCUT2D eigenvalue weighted by molar-refractivity contribution is -0.376. The number of benzene rings is 2. The molecule has 0 saturated heterocycles. The Morgan fingerprint density at radius 3 is 2.39 bits per heavy atom. The van der Waals surface area contributed by atoms with Gasteiger partial charge in [0, 0.05) is 33.6 Å². The molecule has 4 rings (SSSR count). The zero-order chi connectivity index (χ0) is 22.8. The molecule has 0 spiro atoms. The summed E-state index contributed by atoms with van der Waals surface area (Å²) in [5, 5.41) is 13.2. The number of anilines is 1. The number of halogens is 7. The van der Waals surface area contributed by atoms with Crippen LogP contribution in [0, 0.1) is 0 Å². The van der Waals surface area contributed by atoms with E-state index >= 15 is 0 Å². The van der Waals surface area contributed by atoms with Gasteiger partial charge in [0.15, 0.2) is 0 Å². The number of rotatable bonds is 3. The Morgan fingerprint density at radius 2 is 1.74 bits per heavy atom. The van der Waals surface area contributed by atoms with E-state index in [1.54, 1.807) is 6.07 Å². The first kappa shape index (κ1) is 22.2. The highest BCUT2D eigenvalue weighted by Crippen LogP contribution is 2.51. The van der Waals surface area contributed by atoms with E-state index in [9.17, 15) is 31.4 Å². The van der Waals surface area contributed by atoms with Gasteiger partial charge in [-0.1, -0.05) is 23.7 Å². The molecule has 166 valence electrons. The quantitative estimate of drug-likeness (QED) is 0.417. The van der Waals surface area contributed by atoms with Gasteiger partial charge in [0.1, 0.15) is 0 Å². The Morgan fingerprint density at radius 1 is 1.06 bits per heavy atom. The SMILES string of the molecule is CC1Cc2cc(C(O)(C(F)(F)F)C(F)(F)F)ccc2N1Cc1csc2ccc(Cl)cc12. The number of aliphatic hydroxyl groups is 1. The molecule has 0 fully saturated rings. The molecule has 1 atom stereocenters. The molecule has 2 nitrogen and oxygen atoms in total. The van der Waals surface area contributed by atoms with Gasteiger partial charge in [0.2, 0.25) is 0 Å². The Balaban J connectivity index is 1.72. The molecular formula is C21H16ClF6NOS. The van der Waals surface area contributed by atoms with Gasteiger partial charge in [-0.05, 0) is 59.5 Å². The second kappa shape index (κ2) is 7.28. The van der Waals surface area contributed by atoms with E-state index in [0.29, 0.717) is 28.9 Å². The first-order valence-corrected chi connectivity index (χ1v) is 10.5. The largest absolute Gasteiger partial charge is 0.430 e. The van der Waals surface area contributed by atoms with Crippen LogP contribution in [0.1, 0.15) is 23.6 Å². The van der Waals surface area contributed by atoms with Gasteiger partial charge in [0.05, 0.1) is 0 Å². The molecule has 0 aliphatic carbocycles. The van der Waals surface area contributed by atoms with E-state index in [1.165, 1.54) is 17.4 Å². The average Bonchev–Trinajstić information content (AvgIpc) is 3.19. The maximum atomic E-state index is 13.2. The van der Waals surface area contributed by atoms with E-state index in [4.69, 9.17) is 11.6 Å². The van der Waals surface area contributed by atoms with Gasteiger partial charge < -0.3 is 10.0 Å². The van der Waals surface area contributed by atoms with Gasteiger partial charge >= 0.3 is 12.4 Å². The van der Waals surface area contributed by atoms with Crippen LogP contribution in [0.3, 0.4) is 0 Å². The summed E-state index contributed by atoms with van der Waals surface area (Å²) in [6.07, 6.45) is -11.5. The smallest absolute Gasteiger partial charge is 0.369 e. The minimum atomic E-state index is -5.90. The molecule has 31 heavy (non-hydrogen) atoms. The van der Waals surface area contributed by atoms with Crippen LogP contribution < -0.4 is 4.90 Å². The van der Waals surface area contributed by atoms with Gasteiger partial charge in [-0.25, -0.2) is 0 Å². The van der Waals surface area contributed by atoms with Crippen molar-refractivity contribution in [2.75, 3.05) is 4.90 Å². The number of hydrogen-bond acceptors (Lipinski definition) is 3. The summed E-state index contributed by atoms with van der Waals surface area (Å²) in [4.78, 5) is 1.93. The van der Waals surface area contributed by atoms with Crippen LogP contribution in [-0.4, -0.2) is 23.5 Å². The highest BCUT2D eigenvalue weighted by molar-refractivity contribution is 7.17. The Kier molecular flexibility index (Phi) is 5.22. The predicted octanol–water partition coefficient (Wildman–Crippen LogP) is 6.82. The molecule has 0 radical (unpaired) electrons. The van der Waals surface area contributed by atoms with Crippen molar-refractivity contribution in [3.05, 3.63) is 63.5 Å². The molecule has 0 saturated carbocycles. The number of thiophene rings is 1. The van der Waals surface area contributed by atoms with E-state index in [0.717, 1.165) is 21.7 Å². The second-order valence-electron chi connectivity index (χ2n) is 7.63. The van der Waals surface area contributed by atoms with E-state index in [2.05, 4.69) is 0 Å². The maximum absolute atomic E-state index is 13.2. The summed E-state index contributed by atoms with van der Waals surface area (Å²) in [7, 11) is 0. The third kappa shape index (κ3) is 3.56. The molecule has 0 amide bonds. The molecule has 3 aromatic rings. The fourth-order valence-corrected chi connectivity index (χ4v) is 5.12. The highest BCUT2D eigenvalue weighted by Gasteiger charge is 2.71. The van der Waals surface area contributed by atoms with Crippen LogP contribution in [0.5, 0.6) is 0 Å². The molecule has 1 aliphatic rings. The lowest BCUT2D eigenvalue weighted by Gasteiger charge is -2.33. The molecule has 1 aromatic heterocycles. The number of alkyl halides is 6. The monoisotopic (exact) mass is 479 g/mol. The van der Waals surface area contributed by atoms with Gasteiger partial charge in [-0.15, -0.1) is 11.3 Å². The summed E-state index contributed by atoms with van der Waals surface area (Å²) in [6.45, 7) is 2.28.